The fraction of sp³-hybridized carbons (Fsp3) is 0.250. The first-order chi connectivity index (χ1) is 6.38. The van der Waals surface area contributed by atoms with E-state index in [0.717, 1.165) is 6.26 Å². The molecule has 0 aliphatic carbocycles. The van der Waals surface area contributed by atoms with Crippen LogP contribution in [0.25, 0.3) is 0 Å². The van der Waals surface area contributed by atoms with E-state index in [1.54, 1.807) is 6.92 Å². The van der Waals surface area contributed by atoms with Gasteiger partial charge in [-0.3, -0.25) is 0 Å². The zero-order chi connectivity index (χ0) is 10.9. The van der Waals surface area contributed by atoms with Crippen LogP contribution in [0.4, 0.5) is 0 Å². The molecule has 1 aromatic heterocycles. The van der Waals surface area contributed by atoms with Gasteiger partial charge in [0.05, 0.1) is 10.5 Å². The fourth-order valence-corrected chi connectivity index (χ4v) is 2.31. The van der Waals surface area contributed by atoms with Crippen LogP contribution in [0.1, 0.15) is 11.1 Å². The Balaban J connectivity index is 3.71. The molecule has 0 atom stereocenters. The number of nitrogens with zero attached hydrogens (tertiary/aromatic N) is 1. The molecule has 1 heterocycles. The predicted molar refractivity (Wildman–Crippen MR) is 54.2 cm³/mol. The van der Waals surface area contributed by atoms with E-state index in [-0.39, 0.29) is 15.1 Å². The Morgan fingerprint density at radius 3 is 2.57 bits per heavy atom. The molecule has 1 N–H and O–H groups in total. The Bertz CT molecular complexity index is 564. The number of nitriles is 1. The van der Waals surface area contributed by atoms with Crippen molar-refractivity contribution in [2.24, 2.45) is 0 Å². The summed E-state index contributed by atoms with van der Waals surface area (Å²) >= 11 is 4.85. The van der Waals surface area contributed by atoms with Crippen molar-refractivity contribution in [2.45, 2.75) is 11.8 Å². The van der Waals surface area contributed by atoms with Crippen molar-refractivity contribution >= 4 is 22.1 Å². The molecule has 0 bridgehead atoms. The van der Waals surface area contributed by atoms with Gasteiger partial charge >= 0.3 is 0 Å². The largest absolute Gasteiger partial charge is 0.350 e. The molecular weight excluding hydrogens is 220 g/mol. The molecular formula is C8H8N2O2S2. The normalized spacial score (nSPS) is 10.9. The standard InChI is InChI=1S/C8H8N2O2S2/c1-5-6(3-9)8(13)10-4-7(5)14(2,11)12/h4H,1-2H3,(H,10,13). The molecule has 0 amide bonds. The van der Waals surface area contributed by atoms with E-state index in [1.807, 2.05) is 6.07 Å². The molecule has 0 spiro atoms. The Hall–Kier alpha value is -1.19. The lowest BCUT2D eigenvalue weighted by molar-refractivity contribution is 0.600. The molecule has 74 valence electrons. The van der Waals surface area contributed by atoms with Crippen LogP contribution < -0.4 is 0 Å². The Labute approximate surface area is 87.1 Å². The monoisotopic (exact) mass is 228 g/mol. The average Bonchev–Trinajstić information content (AvgIpc) is 2.02. The minimum Gasteiger partial charge on any atom is -0.350 e. The molecule has 0 unspecified atom stereocenters. The van der Waals surface area contributed by atoms with E-state index in [1.165, 1.54) is 6.20 Å². The van der Waals surface area contributed by atoms with Gasteiger partial charge in [-0.2, -0.15) is 5.26 Å². The average molecular weight is 228 g/mol. The van der Waals surface area contributed by atoms with E-state index >= 15 is 0 Å². The molecule has 0 aliphatic heterocycles. The summed E-state index contributed by atoms with van der Waals surface area (Å²) in [4.78, 5) is 2.69. The van der Waals surface area contributed by atoms with Crippen LogP contribution in [0.15, 0.2) is 11.1 Å². The van der Waals surface area contributed by atoms with Gasteiger partial charge in [0, 0.05) is 12.5 Å². The van der Waals surface area contributed by atoms with Crippen molar-refractivity contribution in [1.29, 1.82) is 5.26 Å². The van der Waals surface area contributed by atoms with Crippen molar-refractivity contribution in [2.75, 3.05) is 6.26 Å². The smallest absolute Gasteiger partial charge is 0.177 e. The first kappa shape index (κ1) is 10.9. The van der Waals surface area contributed by atoms with Crippen LogP contribution in [0, 0.1) is 22.9 Å². The minimum absolute atomic E-state index is 0.114. The number of H-pyrrole nitrogens is 1. The van der Waals surface area contributed by atoms with Crippen molar-refractivity contribution < 1.29 is 8.42 Å². The van der Waals surface area contributed by atoms with E-state index in [9.17, 15) is 8.42 Å². The number of rotatable bonds is 1. The maximum Gasteiger partial charge on any atom is 0.177 e. The van der Waals surface area contributed by atoms with Gasteiger partial charge in [-0.25, -0.2) is 8.42 Å². The highest BCUT2D eigenvalue weighted by molar-refractivity contribution is 7.90. The summed E-state index contributed by atoms with van der Waals surface area (Å²) in [5.74, 6) is 0. The quantitative estimate of drug-likeness (QED) is 0.736. The number of nitrogens with one attached hydrogen (secondary N) is 1. The molecule has 1 rings (SSSR count). The number of aromatic nitrogens is 1. The van der Waals surface area contributed by atoms with E-state index in [2.05, 4.69) is 4.98 Å². The second-order valence-electron chi connectivity index (χ2n) is 2.87. The Morgan fingerprint density at radius 2 is 2.14 bits per heavy atom. The van der Waals surface area contributed by atoms with E-state index in [0.29, 0.717) is 5.56 Å². The van der Waals surface area contributed by atoms with Crippen LogP contribution >= 0.6 is 12.2 Å². The SMILES string of the molecule is Cc1c(S(C)(=O)=O)c[nH]c(=S)c1C#N. The van der Waals surface area contributed by atoms with Gasteiger partial charge in [-0.1, -0.05) is 12.2 Å². The lowest BCUT2D eigenvalue weighted by Crippen LogP contribution is -2.03. The third kappa shape index (κ3) is 1.84. The number of pyridine rings is 1. The van der Waals surface area contributed by atoms with Crippen LogP contribution in [0.3, 0.4) is 0 Å². The molecule has 0 saturated heterocycles. The van der Waals surface area contributed by atoms with Crippen LogP contribution in [0.5, 0.6) is 0 Å². The number of hydrogen-bond donors (Lipinski definition) is 1. The molecule has 0 aliphatic rings. The molecule has 6 heteroatoms. The lowest BCUT2D eigenvalue weighted by atomic mass is 10.2. The van der Waals surface area contributed by atoms with Crippen LogP contribution in [0.2, 0.25) is 0 Å². The van der Waals surface area contributed by atoms with Gasteiger partial charge in [0.15, 0.2) is 9.84 Å². The summed E-state index contributed by atoms with van der Waals surface area (Å²) in [6, 6.07) is 1.88. The third-order valence-corrected chi connectivity index (χ3v) is 3.36. The summed E-state index contributed by atoms with van der Waals surface area (Å²) in [5.41, 5.74) is 0.613. The molecule has 0 saturated carbocycles. The Kier molecular flexibility index (Phi) is 2.73. The maximum atomic E-state index is 11.3. The molecule has 0 aromatic carbocycles. The molecule has 4 nitrogen and oxygen atoms in total. The van der Waals surface area contributed by atoms with Gasteiger partial charge in [-0.15, -0.1) is 0 Å². The zero-order valence-electron chi connectivity index (χ0n) is 7.66. The molecule has 1 aromatic rings. The highest BCUT2D eigenvalue weighted by Crippen LogP contribution is 2.17. The predicted octanol–water partition coefficient (Wildman–Crippen LogP) is 1.33. The lowest BCUT2D eigenvalue weighted by Gasteiger charge is -2.04. The summed E-state index contributed by atoms with van der Waals surface area (Å²) < 4.78 is 22.8. The van der Waals surface area contributed by atoms with Gasteiger partial charge in [0.1, 0.15) is 10.7 Å². The number of sulfone groups is 1. The van der Waals surface area contributed by atoms with Crippen molar-refractivity contribution in [3.05, 3.63) is 22.0 Å². The van der Waals surface area contributed by atoms with E-state index < -0.39 is 9.84 Å². The van der Waals surface area contributed by atoms with E-state index in [4.69, 9.17) is 17.5 Å². The Morgan fingerprint density at radius 1 is 1.57 bits per heavy atom. The highest BCUT2D eigenvalue weighted by Gasteiger charge is 2.14. The second-order valence-corrected chi connectivity index (χ2v) is 5.26. The molecule has 14 heavy (non-hydrogen) atoms. The maximum absolute atomic E-state index is 11.3. The highest BCUT2D eigenvalue weighted by atomic mass is 32.2. The number of hydrogen-bond acceptors (Lipinski definition) is 4. The zero-order valence-corrected chi connectivity index (χ0v) is 9.29. The van der Waals surface area contributed by atoms with Gasteiger partial charge in [0.2, 0.25) is 0 Å². The topological polar surface area (TPSA) is 73.7 Å². The summed E-state index contributed by atoms with van der Waals surface area (Å²) in [5, 5.41) is 8.76. The first-order valence-electron chi connectivity index (χ1n) is 3.70. The third-order valence-electron chi connectivity index (χ3n) is 1.82. The second kappa shape index (κ2) is 3.52. The van der Waals surface area contributed by atoms with Crippen LogP contribution in [-0.4, -0.2) is 19.7 Å². The summed E-state index contributed by atoms with van der Waals surface area (Å²) in [6.07, 6.45) is 2.40. The summed E-state index contributed by atoms with van der Waals surface area (Å²) in [7, 11) is -3.31. The van der Waals surface area contributed by atoms with Crippen LogP contribution in [-0.2, 0) is 9.84 Å². The first-order valence-corrected chi connectivity index (χ1v) is 6.00. The minimum atomic E-state index is -3.31. The van der Waals surface area contributed by atoms with Crippen molar-refractivity contribution in [3.8, 4) is 6.07 Å². The van der Waals surface area contributed by atoms with Gasteiger partial charge < -0.3 is 4.98 Å². The molecule has 0 fully saturated rings. The molecule has 0 radical (unpaired) electrons. The van der Waals surface area contributed by atoms with Gasteiger partial charge in [-0.05, 0) is 12.5 Å². The number of aromatic amines is 1. The fourth-order valence-electron chi connectivity index (χ4n) is 1.12. The van der Waals surface area contributed by atoms with Crippen molar-refractivity contribution in [3.63, 3.8) is 0 Å². The summed E-state index contributed by atoms with van der Waals surface area (Å²) in [6.45, 7) is 1.57. The van der Waals surface area contributed by atoms with Crippen molar-refractivity contribution in [1.82, 2.24) is 4.98 Å². The van der Waals surface area contributed by atoms with Gasteiger partial charge in [0.25, 0.3) is 0 Å².